The number of nitrogen functional groups attached to an aromatic ring is 1. The van der Waals surface area contributed by atoms with E-state index in [0.717, 1.165) is 11.8 Å². The van der Waals surface area contributed by atoms with E-state index in [-0.39, 0.29) is 41.9 Å². The van der Waals surface area contributed by atoms with Gasteiger partial charge in [0.25, 0.3) is 0 Å². The van der Waals surface area contributed by atoms with Gasteiger partial charge in [0.2, 0.25) is 21.1 Å². The van der Waals surface area contributed by atoms with E-state index in [4.69, 9.17) is 5.84 Å². The first-order valence-electron chi connectivity index (χ1n) is 10.2. The fourth-order valence-electron chi connectivity index (χ4n) is 3.48. The summed E-state index contributed by atoms with van der Waals surface area (Å²) in [4.78, 5) is 14.5. The Bertz CT molecular complexity index is 1230. The van der Waals surface area contributed by atoms with Crippen molar-refractivity contribution >= 4 is 27.7 Å². The van der Waals surface area contributed by atoms with Crippen LogP contribution in [-0.2, 0) is 21.2 Å². The molecule has 2 N–H and O–H groups in total. The number of benzene rings is 2. The molecule has 2 aromatic carbocycles. The number of aromatic nitrogens is 3. The van der Waals surface area contributed by atoms with Gasteiger partial charge in [-0.1, -0.05) is 48.2 Å². The fourth-order valence-corrected chi connectivity index (χ4v) is 5.70. The first kappa shape index (κ1) is 23.2. The molecule has 0 bridgehead atoms. The van der Waals surface area contributed by atoms with E-state index in [2.05, 4.69) is 10.2 Å². The van der Waals surface area contributed by atoms with Gasteiger partial charge >= 0.3 is 0 Å². The summed E-state index contributed by atoms with van der Waals surface area (Å²) in [6.07, 6.45) is 0.183. The first-order valence-corrected chi connectivity index (χ1v) is 12.7. The summed E-state index contributed by atoms with van der Waals surface area (Å²) in [5.74, 6) is 6.01. The van der Waals surface area contributed by atoms with Crippen molar-refractivity contribution in [1.29, 1.82) is 0 Å². The molecule has 0 aliphatic carbocycles. The Kier molecular flexibility index (Phi) is 6.96. The molecule has 1 amide bonds. The van der Waals surface area contributed by atoms with E-state index >= 15 is 0 Å². The third-order valence-corrected chi connectivity index (χ3v) is 8.18. The van der Waals surface area contributed by atoms with Crippen LogP contribution in [-0.4, -0.2) is 70.3 Å². The Morgan fingerprint density at radius 1 is 1.00 bits per heavy atom. The number of sulfonamides is 1. The second kappa shape index (κ2) is 9.89. The second-order valence-electron chi connectivity index (χ2n) is 7.42. The number of nitrogens with two attached hydrogens (primary N) is 1. The summed E-state index contributed by atoms with van der Waals surface area (Å²) in [5, 5.41) is 8.36. The Morgan fingerprint density at radius 2 is 1.67 bits per heavy atom. The van der Waals surface area contributed by atoms with E-state index in [0.29, 0.717) is 29.6 Å². The second-order valence-corrected chi connectivity index (χ2v) is 10.3. The summed E-state index contributed by atoms with van der Waals surface area (Å²) < 4.78 is 42.0. The zero-order chi connectivity index (χ0) is 23.4. The molecule has 1 aromatic heterocycles. The smallest absolute Gasteiger partial charge is 0.243 e. The van der Waals surface area contributed by atoms with Crippen LogP contribution >= 0.6 is 11.8 Å². The average molecular weight is 491 g/mol. The zero-order valence-corrected chi connectivity index (χ0v) is 19.3. The number of nitrogens with zero attached hydrogens (tertiary/aromatic N) is 5. The average Bonchev–Trinajstić information content (AvgIpc) is 3.18. The molecular weight excluding hydrogens is 467 g/mol. The Balaban J connectivity index is 1.31. The lowest BCUT2D eigenvalue weighted by Crippen LogP contribution is -2.50. The number of piperazine rings is 1. The van der Waals surface area contributed by atoms with E-state index < -0.39 is 10.0 Å². The Morgan fingerprint density at radius 3 is 2.36 bits per heavy atom. The predicted octanol–water partition coefficient (Wildman–Crippen LogP) is 1.35. The molecule has 2 heterocycles. The van der Waals surface area contributed by atoms with Crippen LogP contribution in [0.3, 0.4) is 0 Å². The van der Waals surface area contributed by atoms with E-state index in [9.17, 15) is 17.6 Å². The molecule has 4 rings (SSSR count). The number of amides is 1. The minimum Gasteiger partial charge on any atom is -0.339 e. The van der Waals surface area contributed by atoms with Gasteiger partial charge in [-0.05, 0) is 23.8 Å². The highest BCUT2D eigenvalue weighted by Crippen LogP contribution is 2.20. The maximum Gasteiger partial charge on any atom is 0.243 e. The predicted molar refractivity (Wildman–Crippen MR) is 122 cm³/mol. The molecule has 1 saturated heterocycles. The number of rotatable bonds is 7. The number of carbonyl (C=O) groups is 1. The van der Waals surface area contributed by atoms with Crippen LogP contribution in [0.25, 0.3) is 0 Å². The van der Waals surface area contributed by atoms with Crippen LogP contribution in [0.5, 0.6) is 0 Å². The molecular formula is C21H23FN6O3S2. The topological polar surface area (TPSA) is 114 Å². The molecule has 33 heavy (non-hydrogen) atoms. The van der Waals surface area contributed by atoms with E-state index in [1.807, 2.05) is 0 Å². The summed E-state index contributed by atoms with van der Waals surface area (Å²) in [6, 6.07) is 14.6. The molecule has 0 radical (unpaired) electrons. The van der Waals surface area contributed by atoms with Crippen LogP contribution < -0.4 is 5.84 Å². The lowest BCUT2D eigenvalue weighted by molar-refractivity contribution is -0.129. The Hall–Kier alpha value is -2.96. The number of hydrogen-bond donors (Lipinski definition) is 1. The normalized spacial score (nSPS) is 15.0. The van der Waals surface area contributed by atoms with Gasteiger partial charge in [0.05, 0.1) is 10.6 Å². The summed E-state index contributed by atoms with van der Waals surface area (Å²) >= 11 is 1.14. The number of halogens is 1. The summed E-state index contributed by atoms with van der Waals surface area (Å²) in [5.41, 5.74) is 0.451. The van der Waals surface area contributed by atoms with Crippen molar-refractivity contribution in [3.63, 3.8) is 0 Å². The maximum atomic E-state index is 13.9. The molecule has 1 aliphatic heterocycles. The largest absolute Gasteiger partial charge is 0.339 e. The molecule has 9 nitrogen and oxygen atoms in total. The minimum absolute atomic E-state index is 0.0838. The van der Waals surface area contributed by atoms with Gasteiger partial charge in [0, 0.05) is 32.6 Å². The fraction of sp³-hybridized carbons (Fsp3) is 0.286. The standard InChI is InChI=1S/C21H23FN6O3S2/c22-18-9-5-4-6-16(18)14-19-24-25-21(28(19)23)32-15-20(29)26-10-12-27(13-11-26)33(30,31)17-7-2-1-3-8-17/h1-9H,10-15,23H2. The summed E-state index contributed by atoms with van der Waals surface area (Å²) in [7, 11) is -3.57. The number of hydrogen-bond acceptors (Lipinski definition) is 7. The lowest BCUT2D eigenvalue weighted by Gasteiger charge is -2.34. The van der Waals surface area contributed by atoms with Crippen LogP contribution in [0, 0.1) is 5.82 Å². The van der Waals surface area contributed by atoms with E-state index in [1.165, 1.54) is 15.0 Å². The minimum atomic E-state index is -3.57. The molecule has 0 spiro atoms. The zero-order valence-electron chi connectivity index (χ0n) is 17.7. The highest BCUT2D eigenvalue weighted by molar-refractivity contribution is 7.99. The van der Waals surface area contributed by atoms with Gasteiger partial charge < -0.3 is 10.7 Å². The van der Waals surface area contributed by atoms with Gasteiger partial charge in [0.15, 0.2) is 5.82 Å². The van der Waals surface area contributed by atoms with Gasteiger partial charge in [-0.25, -0.2) is 17.5 Å². The molecule has 0 unspecified atom stereocenters. The first-order chi connectivity index (χ1) is 15.9. The van der Waals surface area contributed by atoms with Crippen LogP contribution in [0.15, 0.2) is 64.6 Å². The van der Waals surface area contributed by atoms with Crippen molar-refractivity contribution in [3.8, 4) is 0 Å². The quantitative estimate of drug-likeness (QED) is 0.393. The third-order valence-electron chi connectivity index (χ3n) is 5.34. The van der Waals surface area contributed by atoms with Crippen LogP contribution in [0.2, 0.25) is 0 Å². The molecule has 0 saturated carbocycles. The molecule has 3 aromatic rings. The van der Waals surface area contributed by atoms with Gasteiger partial charge in [0.1, 0.15) is 5.82 Å². The van der Waals surface area contributed by atoms with Crippen molar-refractivity contribution in [2.45, 2.75) is 16.5 Å². The molecule has 0 atom stereocenters. The Labute approximate surface area is 195 Å². The maximum absolute atomic E-state index is 13.9. The number of carbonyl (C=O) groups excluding carboxylic acids is 1. The SMILES string of the molecule is Nn1c(Cc2ccccc2F)nnc1SCC(=O)N1CCN(S(=O)(=O)c2ccccc2)CC1. The molecule has 1 aliphatic rings. The highest BCUT2D eigenvalue weighted by Gasteiger charge is 2.30. The van der Waals surface area contributed by atoms with Crippen molar-refractivity contribution in [2.75, 3.05) is 37.8 Å². The summed E-state index contributed by atoms with van der Waals surface area (Å²) in [6.45, 7) is 1.07. The van der Waals surface area contributed by atoms with Gasteiger partial charge in [-0.15, -0.1) is 10.2 Å². The molecule has 174 valence electrons. The van der Waals surface area contributed by atoms with Crippen molar-refractivity contribution in [1.82, 2.24) is 24.1 Å². The lowest BCUT2D eigenvalue weighted by atomic mass is 10.1. The van der Waals surface area contributed by atoms with Gasteiger partial charge in [-0.3, -0.25) is 4.79 Å². The molecule has 1 fully saturated rings. The van der Waals surface area contributed by atoms with Crippen molar-refractivity contribution in [3.05, 3.63) is 71.8 Å². The highest BCUT2D eigenvalue weighted by atomic mass is 32.2. The molecule has 12 heteroatoms. The van der Waals surface area contributed by atoms with E-state index in [1.54, 1.807) is 53.4 Å². The van der Waals surface area contributed by atoms with Crippen LogP contribution in [0.1, 0.15) is 11.4 Å². The monoisotopic (exact) mass is 490 g/mol. The number of thioether (sulfide) groups is 1. The van der Waals surface area contributed by atoms with Crippen molar-refractivity contribution < 1.29 is 17.6 Å². The van der Waals surface area contributed by atoms with Crippen LogP contribution in [0.4, 0.5) is 4.39 Å². The van der Waals surface area contributed by atoms with Gasteiger partial charge in [-0.2, -0.15) is 4.31 Å². The van der Waals surface area contributed by atoms with Crippen molar-refractivity contribution in [2.24, 2.45) is 0 Å². The third kappa shape index (κ3) is 5.18.